The number of nitrogens with two attached hydrogens (primary N) is 1. The van der Waals surface area contributed by atoms with E-state index >= 15 is 0 Å². The third-order valence-electron chi connectivity index (χ3n) is 3.91. The topological polar surface area (TPSA) is 80.2 Å². The van der Waals surface area contributed by atoms with Crippen LogP contribution in [0.3, 0.4) is 0 Å². The summed E-state index contributed by atoms with van der Waals surface area (Å²) in [5.41, 5.74) is 5.17. The van der Waals surface area contributed by atoms with Crippen molar-refractivity contribution in [1.82, 2.24) is 4.90 Å². The molecule has 3 rings (SSSR count). The zero-order valence-electron chi connectivity index (χ0n) is 12.0. The molecule has 114 valence electrons. The summed E-state index contributed by atoms with van der Waals surface area (Å²) in [5, 5.41) is 0.826. The third-order valence-corrected chi connectivity index (χ3v) is 5.26. The van der Waals surface area contributed by atoms with Gasteiger partial charge >= 0.3 is 0 Å². The van der Waals surface area contributed by atoms with E-state index in [2.05, 4.69) is 18.4 Å². The van der Waals surface area contributed by atoms with Gasteiger partial charge in [0.1, 0.15) is 0 Å². The molecule has 2 heterocycles. The molecule has 3 atom stereocenters. The van der Waals surface area contributed by atoms with E-state index in [1.54, 1.807) is 0 Å². The van der Waals surface area contributed by atoms with Crippen molar-refractivity contribution in [2.75, 3.05) is 6.54 Å². The first kappa shape index (κ1) is 15.7. The lowest BCUT2D eigenvalue weighted by atomic mass is 10.0. The standard InChI is InChI=1S/C9H9NO3S.C6H11N/c1-2-14(12,13)8-5-3-4-7(6-8)9(10)11;1-2-5-3-6-4-7(5)6/h2-6H,1H2,(H2,10,11);5-6H,2-4H2,1H3. The smallest absolute Gasteiger partial charge is 0.248 e. The number of hydrogen-bond donors (Lipinski definition) is 1. The Hall–Kier alpha value is -1.66. The molecule has 2 fully saturated rings. The number of hydrogen-bond acceptors (Lipinski definition) is 4. The highest BCUT2D eigenvalue weighted by atomic mass is 32.2. The molecular weight excluding hydrogens is 288 g/mol. The van der Waals surface area contributed by atoms with Gasteiger partial charge in [0.25, 0.3) is 0 Å². The lowest BCUT2D eigenvalue weighted by molar-refractivity contribution is 0.1000. The summed E-state index contributed by atoms with van der Waals surface area (Å²) in [5.74, 6) is -0.661. The normalized spacial score (nSPS) is 25.7. The van der Waals surface area contributed by atoms with Crippen LogP contribution in [0.25, 0.3) is 0 Å². The molecule has 1 amide bonds. The molecule has 5 nitrogen and oxygen atoms in total. The fraction of sp³-hybridized carbons (Fsp3) is 0.400. The van der Waals surface area contributed by atoms with Gasteiger partial charge in [0.2, 0.25) is 5.91 Å². The number of nitrogens with zero attached hydrogens (tertiary/aromatic N) is 1. The van der Waals surface area contributed by atoms with Crippen LogP contribution in [-0.2, 0) is 9.84 Å². The van der Waals surface area contributed by atoms with E-state index < -0.39 is 15.7 Å². The molecule has 6 heteroatoms. The predicted molar refractivity (Wildman–Crippen MR) is 81.5 cm³/mol. The summed E-state index contributed by atoms with van der Waals surface area (Å²) in [4.78, 5) is 13.4. The van der Waals surface area contributed by atoms with Gasteiger partial charge in [-0.15, -0.1) is 0 Å². The van der Waals surface area contributed by atoms with E-state index in [9.17, 15) is 13.2 Å². The molecule has 0 aliphatic carbocycles. The molecule has 2 saturated heterocycles. The van der Waals surface area contributed by atoms with Gasteiger partial charge in [-0.2, -0.15) is 0 Å². The van der Waals surface area contributed by atoms with Crippen molar-refractivity contribution in [3.05, 3.63) is 41.8 Å². The van der Waals surface area contributed by atoms with Crippen molar-refractivity contribution >= 4 is 15.7 Å². The van der Waals surface area contributed by atoms with E-state index in [1.807, 2.05) is 0 Å². The third kappa shape index (κ3) is 3.51. The number of carbonyl (C=O) groups excluding carboxylic acids is 1. The average molecular weight is 308 g/mol. The minimum Gasteiger partial charge on any atom is -0.366 e. The van der Waals surface area contributed by atoms with Gasteiger partial charge in [-0.05, 0) is 31.0 Å². The number of sulfone groups is 1. The minimum atomic E-state index is -3.50. The van der Waals surface area contributed by atoms with Crippen LogP contribution in [0.15, 0.2) is 41.1 Å². The number of benzene rings is 1. The summed E-state index contributed by atoms with van der Waals surface area (Å²) in [6.45, 7) is 6.87. The quantitative estimate of drug-likeness (QED) is 0.856. The maximum absolute atomic E-state index is 11.3. The Kier molecular flexibility index (Phi) is 4.49. The van der Waals surface area contributed by atoms with Gasteiger partial charge in [0, 0.05) is 29.6 Å². The van der Waals surface area contributed by atoms with Crippen LogP contribution in [-0.4, -0.2) is 37.9 Å². The first-order valence-corrected chi connectivity index (χ1v) is 8.46. The fourth-order valence-corrected chi connectivity index (χ4v) is 3.24. The molecule has 2 N–H and O–H groups in total. The van der Waals surface area contributed by atoms with Gasteiger partial charge < -0.3 is 5.73 Å². The number of amides is 1. The summed E-state index contributed by atoms with van der Waals surface area (Å²) in [6.07, 6.45) is 2.87. The van der Waals surface area contributed by atoms with Gasteiger partial charge in [-0.1, -0.05) is 19.6 Å². The van der Waals surface area contributed by atoms with Gasteiger partial charge in [-0.3, -0.25) is 9.69 Å². The molecule has 0 radical (unpaired) electrons. The Morgan fingerprint density at radius 3 is 2.62 bits per heavy atom. The largest absolute Gasteiger partial charge is 0.366 e. The Bertz CT molecular complexity index is 655. The summed E-state index contributed by atoms with van der Waals surface area (Å²) in [6, 6.07) is 7.54. The van der Waals surface area contributed by atoms with Crippen molar-refractivity contribution in [3.8, 4) is 0 Å². The van der Waals surface area contributed by atoms with Crippen molar-refractivity contribution in [2.24, 2.45) is 5.73 Å². The number of primary amides is 1. The van der Waals surface area contributed by atoms with Crippen molar-refractivity contribution in [1.29, 1.82) is 0 Å². The minimum absolute atomic E-state index is 0.0174. The first-order chi connectivity index (χ1) is 9.89. The molecule has 1 aromatic carbocycles. The van der Waals surface area contributed by atoms with Gasteiger partial charge in [0.05, 0.1) is 4.90 Å². The van der Waals surface area contributed by atoms with Crippen LogP contribution in [0.2, 0.25) is 0 Å². The highest BCUT2D eigenvalue weighted by molar-refractivity contribution is 7.94. The molecule has 2 aliphatic rings. The van der Waals surface area contributed by atoms with Crippen LogP contribution < -0.4 is 5.73 Å². The number of rotatable bonds is 4. The van der Waals surface area contributed by atoms with Gasteiger partial charge in [0.15, 0.2) is 9.84 Å². The maximum atomic E-state index is 11.3. The molecule has 0 bridgehead atoms. The molecular formula is C15H20N2O3S. The molecule has 0 aromatic heterocycles. The zero-order chi connectivity index (χ0) is 15.6. The molecule has 21 heavy (non-hydrogen) atoms. The molecule has 3 unspecified atom stereocenters. The van der Waals surface area contributed by atoms with E-state index in [0.717, 1.165) is 17.5 Å². The van der Waals surface area contributed by atoms with Crippen LogP contribution in [0.1, 0.15) is 30.1 Å². The lowest BCUT2D eigenvalue weighted by Gasteiger charge is -2.24. The van der Waals surface area contributed by atoms with Crippen LogP contribution in [0.5, 0.6) is 0 Å². The Labute approximate surface area is 125 Å². The molecule has 0 spiro atoms. The SMILES string of the molecule is C=CS(=O)(=O)c1cccc(C(N)=O)c1.CCC1CC2CN12. The average Bonchev–Trinajstić information content (AvgIpc) is 3.11. The van der Waals surface area contributed by atoms with E-state index in [0.29, 0.717) is 0 Å². The summed E-state index contributed by atoms with van der Waals surface area (Å²) >= 11 is 0. The van der Waals surface area contributed by atoms with Crippen LogP contribution in [0.4, 0.5) is 0 Å². The van der Waals surface area contributed by atoms with E-state index in [4.69, 9.17) is 5.73 Å². The molecule has 2 aliphatic heterocycles. The number of carbonyl (C=O) groups is 1. The predicted octanol–water partition coefficient (Wildman–Crippen LogP) is 1.56. The summed E-state index contributed by atoms with van der Waals surface area (Å²) in [7, 11) is -3.50. The maximum Gasteiger partial charge on any atom is 0.248 e. The zero-order valence-corrected chi connectivity index (χ0v) is 12.8. The van der Waals surface area contributed by atoms with E-state index in [1.165, 1.54) is 43.7 Å². The molecule has 1 aromatic rings. The lowest BCUT2D eigenvalue weighted by Crippen LogP contribution is -2.31. The van der Waals surface area contributed by atoms with E-state index in [-0.39, 0.29) is 10.5 Å². The fourth-order valence-electron chi connectivity index (χ4n) is 2.49. The Morgan fingerprint density at radius 1 is 1.52 bits per heavy atom. The second-order valence-electron chi connectivity index (χ2n) is 5.25. The van der Waals surface area contributed by atoms with Gasteiger partial charge in [-0.25, -0.2) is 8.42 Å². The van der Waals surface area contributed by atoms with Crippen molar-refractivity contribution in [2.45, 2.75) is 36.7 Å². The highest BCUT2D eigenvalue weighted by Gasteiger charge is 2.49. The molecule has 0 saturated carbocycles. The Morgan fingerprint density at radius 2 is 2.24 bits per heavy atom. The van der Waals surface area contributed by atoms with Crippen molar-refractivity contribution in [3.63, 3.8) is 0 Å². The first-order valence-electron chi connectivity index (χ1n) is 6.92. The monoisotopic (exact) mass is 308 g/mol. The second kappa shape index (κ2) is 5.99. The Balaban J connectivity index is 0.000000189. The van der Waals surface area contributed by atoms with Crippen molar-refractivity contribution < 1.29 is 13.2 Å². The van der Waals surface area contributed by atoms with Crippen LogP contribution >= 0.6 is 0 Å². The second-order valence-corrected chi connectivity index (χ2v) is 7.15. The highest BCUT2D eigenvalue weighted by Crippen LogP contribution is 2.39. The number of fused-ring (bicyclic) bond motifs is 1. The van der Waals surface area contributed by atoms with Crippen LogP contribution in [0, 0.1) is 0 Å². The summed E-state index contributed by atoms with van der Waals surface area (Å²) < 4.78 is 22.6.